The fourth-order valence-corrected chi connectivity index (χ4v) is 1.70. The van der Waals surface area contributed by atoms with Crippen LogP contribution in [0.2, 0.25) is 0 Å². The molecule has 0 fully saturated rings. The van der Waals surface area contributed by atoms with E-state index in [1.54, 1.807) is 20.2 Å². The van der Waals surface area contributed by atoms with Gasteiger partial charge in [-0.15, -0.1) is 0 Å². The van der Waals surface area contributed by atoms with E-state index in [9.17, 15) is 9.18 Å². The molecule has 112 valence electrons. The normalized spacial score (nSPS) is 10.4. The number of benzene rings is 1. The summed E-state index contributed by atoms with van der Waals surface area (Å²) in [4.78, 5) is 12.9. The van der Waals surface area contributed by atoms with Crippen LogP contribution in [-0.2, 0) is 11.3 Å². The molecule has 5 heteroatoms. The highest BCUT2D eigenvalue weighted by Gasteiger charge is 2.06. The smallest absolute Gasteiger partial charge is 0.225 e. The van der Waals surface area contributed by atoms with Crippen molar-refractivity contribution in [1.29, 1.82) is 0 Å². The van der Waals surface area contributed by atoms with Crippen LogP contribution in [0.5, 0.6) is 5.75 Å². The van der Waals surface area contributed by atoms with Gasteiger partial charge in [0.25, 0.3) is 0 Å². The van der Waals surface area contributed by atoms with Crippen LogP contribution < -0.4 is 10.1 Å². The van der Waals surface area contributed by atoms with E-state index in [0.29, 0.717) is 12.3 Å². The lowest BCUT2D eigenvalue weighted by Crippen LogP contribution is -2.23. The zero-order chi connectivity index (χ0) is 15.0. The van der Waals surface area contributed by atoms with Crippen LogP contribution in [-0.4, -0.2) is 38.1 Å². The van der Waals surface area contributed by atoms with Gasteiger partial charge < -0.3 is 15.0 Å². The summed E-state index contributed by atoms with van der Waals surface area (Å²) in [5.41, 5.74) is 0.840. The Balaban J connectivity index is 2.50. The van der Waals surface area contributed by atoms with Gasteiger partial charge in [-0.2, -0.15) is 0 Å². The monoisotopic (exact) mass is 282 g/mol. The summed E-state index contributed by atoms with van der Waals surface area (Å²) in [7, 11) is 3.39. The molecule has 1 aromatic rings. The minimum absolute atomic E-state index is 0.00811. The molecule has 20 heavy (non-hydrogen) atoms. The van der Waals surface area contributed by atoms with E-state index in [1.165, 1.54) is 17.0 Å². The summed E-state index contributed by atoms with van der Waals surface area (Å²) >= 11 is 0. The van der Waals surface area contributed by atoms with Gasteiger partial charge >= 0.3 is 0 Å². The summed E-state index contributed by atoms with van der Waals surface area (Å²) < 4.78 is 18.9. The molecule has 0 saturated carbocycles. The predicted molar refractivity (Wildman–Crippen MR) is 77.2 cm³/mol. The largest absolute Gasteiger partial charge is 0.493 e. The van der Waals surface area contributed by atoms with Gasteiger partial charge in [0, 0.05) is 26.7 Å². The fraction of sp³-hybridized carbons (Fsp3) is 0.533. The predicted octanol–water partition coefficient (Wildman–Crippen LogP) is 2.18. The van der Waals surface area contributed by atoms with Crippen molar-refractivity contribution in [2.24, 2.45) is 0 Å². The molecule has 4 nitrogen and oxygen atoms in total. The number of nitrogens with one attached hydrogen (secondary N) is 1. The highest BCUT2D eigenvalue weighted by atomic mass is 19.1. The van der Waals surface area contributed by atoms with Crippen LogP contribution in [0.4, 0.5) is 4.39 Å². The van der Waals surface area contributed by atoms with E-state index in [2.05, 4.69) is 12.2 Å². The van der Waals surface area contributed by atoms with Gasteiger partial charge in [0.15, 0.2) is 0 Å². The fourth-order valence-electron chi connectivity index (χ4n) is 1.70. The topological polar surface area (TPSA) is 41.6 Å². The Labute approximate surface area is 119 Å². The minimum atomic E-state index is -0.324. The number of rotatable bonds is 8. The standard InChI is InChI=1S/C15H23FN2O2/c1-4-6-17-11-12-8-13(16)10-14(9-12)20-7-5-15(19)18(2)3/h8-10,17H,4-7,11H2,1-3H3. The molecule has 1 aromatic carbocycles. The van der Waals surface area contributed by atoms with Crippen LogP contribution in [0.3, 0.4) is 0 Å². The van der Waals surface area contributed by atoms with E-state index in [4.69, 9.17) is 4.74 Å². The number of hydrogen-bond acceptors (Lipinski definition) is 3. The molecule has 1 N–H and O–H groups in total. The third kappa shape index (κ3) is 6.02. The van der Waals surface area contributed by atoms with Crippen molar-refractivity contribution in [3.8, 4) is 5.75 Å². The van der Waals surface area contributed by atoms with Gasteiger partial charge in [-0.3, -0.25) is 4.79 Å². The lowest BCUT2D eigenvalue weighted by molar-refractivity contribution is -0.129. The van der Waals surface area contributed by atoms with E-state index in [1.807, 2.05) is 0 Å². The minimum Gasteiger partial charge on any atom is -0.493 e. The van der Waals surface area contributed by atoms with Gasteiger partial charge in [-0.05, 0) is 30.7 Å². The van der Waals surface area contributed by atoms with Crippen LogP contribution in [0.15, 0.2) is 18.2 Å². The van der Waals surface area contributed by atoms with Crippen LogP contribution in [0, 0.1) is 5.82 Å². The molecule has 0 aliphatic rings. The maximum Gasteiger partial charge on any atom is 0.225 e. The molecule has 0 atom stereocenters. The molecule has 1 rings (SSSR count). The molecule has 0 unspecified atom stereocenters. The Morgan fingerprint density at radius 3 is 2.75 bits per heavy atom. The number of ether oxygens (including phenoxy) is 1. The molecule has 0 radical (unpaired) electrons. The Hall–Kier alpha value is -1.62. The zero-order valence-corrected chi connectivity index (χ0v) is 12.4. The summed E-state index contributed by atoms with van der Waals surface area (Å²) in [5, 5.41) is 3.21. The van der Waals surface area contributed by atoms with Crippen molar-refractivity contribution in [2.45, 2.75) is 26.3 Å². The molecule has 0 aromatic heterocycles. The van der Waals surface area contributed by atoms with Crippen molar-refractivity contribution in [3.63, 3.8) is 0 Å². The number of halogens is 1. The maximum absolute atomic E-state index is 13.5. The third-order valence-electron chi connectivity index (χ3n) is 2.77. The average Bonchev–Trinajstić information content (AvgIpc) is 2.38. The van der Waals surface area contributed by atoms with Crippen molar-refractivity contribution in [2.75, 3.05) is 27.2 Å². The lowest BCUT2D eigenvalue weighted by atomic mass is 10.2. The SMILES string of the molecule is CCCNCc1cc(F)cc(OCCC(=O)N(C)C)c1. The molecular weight excluding hydrogens is 259 g/mol. The second kappa shape index (κ2) is 8.53. The molecule has 1 amide bonds. The molecule has 0 aliphatic heterocycles. The van der Waals surface area contributed by atoms with E-state index < -0.39 is 0 Å². The lowest BCUT2D eigenvalue weighted by Gasteiger charge is -2.12. The number of hydrogen-bond donors (Lipinski definition) is 1. The Kier molecular flexibility index (Phi) is 7.01. The van der Waals surface area contributed by atoms with E-state index >= 15 is 0 Å². The van der Waals surface area contributed by atoms with Gasteiger partial charge in [0.05, 0.1) is 13.0 Å². The summed E-state index contributed by atoms with van der Waals surface area (Å²) in [6.45, 7) is 3.83. The van der Waals surface area contributed by atoms with E-state index in [0.717, 1.165) is 18.5 Å². The molecule has 0 bridgehead atoms. The van der Waals surface area contributed by atoms with E-state index in [-0.39, 0.29) is 24.8 Å². The molecular formula is C15H23FN2O2. The number of carbonyl (C=O) groups is 1. The molecule has 0 aliphatic carbocycles. The van der Waals surface area contributed by atoms with Crippen molar-refractivity contribution < 1.29 is 13.9 Å². The van der Waals surface area contributed by atoms with Crippen molar-refractivity contribution in [1.82, 2.24) is 10.2 Å². The number of carbonyl (C=O) groups excluding carboxylic acids is 1. The van der Waals surface area contributed by atoms with Gasteiger partial charge in [0.2, 0.25) is 5.91 Å². The van der Waals surface area contributed by atoms with Gasteiger partial charge in [0.1, 0.15) is 11.6 Å². The van der Waals surface area contributed by atoms with Gasteiger partial charge in [-0.25, -0.2) is 4.39 Å². The summed E-state index contributed by atoms with van der Waals surface area (Å²) in [6.07, 6.45) is 1.32. The van der Waals surface area contributed by atoms with Crippen molar-refractivity contribution in [3.05, 3.63) is 29.6 Å². The first-order valence-electron chi connectivity index (χ1n) is 6.86. The Morgan fingerprint density at radius 2 is 2.10 bits per heavy atom. The third-order valence-corrected chi connectivity index (χ3v) is 2.77. The van der Waals surface area contributed by atoms with Crippen molar-refractivity contribution >= 4 is 5.91 Å². The highest BCUT2D eigenvalue weighted by Crippen LogP contribution is 2.16. The summed E-state index contributed by atoms with van der Waals surface area (Å²) in [5.74, 6) is 0.130. The first kappa shape index (κ1) is 16.4. The maximum atomic E-state index is 13.5. The molecule has 0 heterocycles. The number of amides is 1. The first-order chi connectivity index (χ1) is 9.52. The van der Waals surface area contributed by atoms with Crippen LogP contribution >= 0.6 is 0 Å². The Morgan fingerprint density at radius 1 is 1.35 bits per heavy atom. The second-order valence-electron chi connectivity index (χ2n) is 4.86. The van der Waals surface area contributed by atoms with Gasteiger partial charge in [-0.1, -0.05) is 6.92 Å². The Bertz CT molecular complexity index is 436. The molecule has 0 saturated heterocycles. The first-order valence-corrected chi connectivity index (χ1v) is 6.86. The highest BCUT2D eigenvalue weighted by molar-refractivity contribution is 5.75. The average molecular weight is 282 g/mol. The molecule has 0 spiro atoms. The quantitative estimate of drug-likeness (QED) is 0.743. The summed E-state index contributed by atoms with van der Waals surface area (Å²) in [6, 6.07) is 4.62. The zero-order valence-electron chi connectivity index (χ0n) is 12.4. The number of nitrogens with zero attached hydrogens (tertiary/aromatic N) is 1. The second-order valence-corrected chi connectivity index (χ2v) is 4.86. The van der Waals surface area contributed by atoms with Crippen LogP contribution in [0.1, 0.15) is 25.3 Å². The van der Waals surface area contributed by atoms with Crippen LogP contribution in [0.25, 0.3) is 0 Å².